The first kappa shape index (κ1) is 20.5. The Morgan fingerprint density at radius 2 is 1.77 bits per heavy atom. The van der Waals surface area contributed by atoms with Crippen molar-refractivity contribution in [3.8, 4) is 0 Å². The fraction of sp³-hybridized carbons (Fsp3) is 0.235. The summed E-state index contributed by atoms with van der Waals surface area (Å²) in [6.45, 7) is 1.68. The lowest BCUT2D eigenvalue weighted by Gasteiger charge is -2.30. The van der Waals surface area contributed by atoms with E-state index in [1.54, 1.807) is 13.0 Å². The minimum absolute atomic E-state index is 0.199. The van der Waals surface area contributed by atoms with Crippen LogP contribution in [-0.2, 0) is 14.8 Å². The van der Waals surface area contributed by atoms with E-state index >= 15 is 0 Å². The molecule has 2 rings (SSSR count). The quantitative estimate of drug-likeness (QED) is 0.759. The third-order valence-electron chi connectivity index (χ3n) is 3.60. The Morgan fingerprint density at radius 1 is 1.15 bits per heavy atom. The second-order valence-corrected chi connectivity index (χ2v) is 8.25. The maximum Gasteiger partial charge on any atom is 0.248 e. The summed E-state index contributed by atoms with van der Waals surface area (Å²) in [7, 11) is -3.79. The van der Waals surface area contributed by atoms with Gasteiger partial charge in [0.25, 0.3) is 0 Å². The van der Waals surface area contributed by atoms with E-state index in [0.29, 0.717) is 10.7 Å². The van der Waals surface area contributed by atoms with Crippen LogP contribution in [0.3, 0.4) is 0 Å². The summed E-state index contributed by atoms with van der Waals surface area (Å²) in [6, 6.07) is 8.42. The van der Waals surface area contributed by atoms with Crippen LogP contribution >= 0.6 is 23.2 Å². The van der Waals surface area contributed by atoms with Crippen LogP contribution in [0, 0.1) is 5.82 Å². The molecule has 0 heterocycles. The highest BCUT2D eigenvalue weighted by Crippen LogP contribution is 2.27. The molecule has 0 spiro atoms. The van der Waals surface area contributed by atoms with Crippen molar-refractivity contribution in [3.63, 3.8) is 0 Å². The number of hydrogen-bond donors (Lipinski definition) is 1. The minimum atomic E-state index is -3.79. The normalized spacial score (nSPS) is 12.5. The van der Waals surface area contributed by atoms with Crippen LogP contribution in [0.4, 0.5) is 15.8 Å². The van der Waals surface area contributed by atoms with Gasteiger partial charge >= 0.3 is 0 Å². The first-order valence-corrected chi connectivity index (χ1v) is 10.2. The lowest BCUT2D eigenvalue weighted by Crippen LogP contribution is -2.47. The monoisotopic (exact) mass is 418 g/mol. The smallest absolute Gasteiger partial charge is 0.248 e. The molecule has 1 unspecified atom stereocenters. The van der Waals surface area contributed by atoms with Gasteiger partial charge in [-0.2, -0.15) is 0 Å². The van der Waals surface area contributed by atoms with Gasteiger partial charge in [-0.3, -0.25) is 9.10 Å². The first-order chi connectivity index (χ1) is 12.1. The van der Waals surface area contributed by atoms with Crippen molar-refractivity contribution < 1.29 is 17.6 Å². The molecule has 0 aromatic heterocycles. The largest absolute Gasteiger partial charge is 0.324 e. The minimum Gasteiger partial charge on any atom is -0.324 e. The number of carbonyl (C=O) groups excluding carboxylic acids is 1. The van der Waals surface area contributed by atoms with Crippen LogP contribution < -0.4 is 9.62 Å². The molecule has 0 aliphatic carbocycles. The highest BCUT2D eigenvalue weighted by Gasteiger charge is 2.31. The number of hydrogen-bond acceptors (Lipinski definition) is 3. The van der Waals surface area contributed by atoms with Crippen molar-refractivity contribution in [1.82, 2.24) is 0 Å². The highest BCUT2D eigenvalue weighted by molar-refractivity contribution is 7.92. The molecule has 2 aromatic rings. The Balaban J connectivity index is 2.36. The molecule has 0 fully saturated rings. The summed E-state index contributed by atoms with van der Waals surface area (Å²) < 4.78 is 38.7. The van der Waals surface area contributed by atoms with Crippen molar-refractivity contribution in [2.75, 3.05) is 15.9 Å². The number of halogens is 3. The van der Waals surface area contributed by atoms with E-state index in [4.69, 9.17) is 23.2 Å². The summed E-state index contributed by atoms with van der Waals surface area (Å²) in [6.07, 6.45) is 1.20. The zero-order valence-electron chi connectivity index (χ0n) is 14.0. The fourth-order valence-corrected chi connectivity index (χ4v) is 3.96. The van der Waals surface area contributed by atoms with Gasteiger partial charge < -0.3 is 5.32 Å². The van der Waals surface area contributed by atoms with Crippen molar-refractivity contribution in [3.05, 3.63) is 58.3 Å². The Hall–Kier alpha value is -1.83. The van der Waals surface area contributed by atoms with Gasteiger partial charge in [0.05, 0.1) is 22.0 Å². The number of rotatable bonds is 6. The standard InChI is InChI=1S/C17H17Cl2FN2O3S/c1-3-16(17(23)21-12-6-9-14(18)15(19)10-12)22(26(2,24)25)13-7-4-11(20)5-8-13/h4-10,16H,3H2,1-2H3,(H,21,23). The molecule has 140 valence electrons. The summed E-state index contributed by atoms with van der Waals surface area (Å²) in [5.41, 5.74) is 0.584. The van der Waals surface area contributed by atoms with Crippen LogP contribution in [0.5, 0.6) is 0 Å². The number of nitrogens with zero attached hydrogens (tertiary/aromatic N) is 1. The molecule has 0 bridgehead atoms. The van der Waals surface area contributed by atoms with Gasteiger partial charge in [-0.05, 0) is 48.9 Å². The van der Waals surface area contributed by atoms with Crippen molar-refractivity contribution >= 4 is 50.5 Å². The maximum absolute atomic E-state index is 13.2. The Labute approximate surface area is 161 Å². The molecule has 1 atom stereocenters. The molecule has 26 heavy (non-hydrogen) atoms. The van der Waals surface area contributed by atoms with Gasteiger partial charge in [0.15, 0.2) is 0 Å². The molecule has 0 radical (unpaired) electrons. The van der Waals surface area contributed by atoms with E-state index in [-0.39, 0.29) is 17.1 Å². The molecule has 0 aliphatic heterocycles. The van der Waals surface area contributed by atoms with Crippen molar-refractivity contribution in [1.29, 1.82) is 0 Å². The second-order valence-electron chi connectivity index (χ2n) is 5.58. The van der Waals surface area contributed by atoms with Gasteiger partial charge in [-0.1, -0.05) is 30.1 Å². The summed E-state index contributed by atoms with van der Waals surface area (Å²) >= 11 is 11.8. The van der Waals surface area contributed by atoms with E-state index in [1.807, 2.05) is 0 Å². The molecular formula is C17H17Cl2FN2O3S. The Morgan fingerprint density at radius 3 is 2.27 bits per heavy atom. The number of nitrogens with one attached hydrogen (secondary N) is 1. The van der Waals surface area contributed by atoms with Crippen LogP contribution in [0.1, 0.15) is 13.3 Å². The molecular weight excluding hydrogens is 402 g/mol. The number of benzene rings is 2. The van der Waals surface area contributed by atoms with E-state index in [9.17, 15) is 17.6 Å². The number of carbonyl (C=O) groups is 1. The lowest BCUT2D eigenvalue weighted by atomic mass is 10.1. The summed E-state index contributed by atoms with van der Waals surface area (Å²) in [4.78, 5) is 12.7. The van der Waals surface area contributed by atoms with Gasteiger partial charge in [-0.15, -0.1) is 0 Å². The van der Waals surface area contributed by atoms with E-state index in [2.05, 4.69) is 5.32 Å². The van der Waals surface area contributed by atoms with E-state index in [0.717, 1.165) is 22.7 Å². The Bertz CT molecular complexity index is 905. The Kier molecular flexibility index (Phi) is 6.49. The second kappa shape index (κ2) is 8.24. The SMILES string of the molecule is CCC(C(=O)Nc1ccc(Cl)c(Cl)c1)N(c1ccc(F)cc1)S(C)(=O)=O. The average molecular weight is 419 g/mol. The third-order valence-corrected chi connectivity index (χ3v) is 5.52. The summed E-state index contributed by atoms with van der Waals surface area (Å²) in [5.74, 6) is -1.05. The predicted octanol–water partition coefficient (Wildman–Crippen LogP) is 4.32. The van der Waals surface area contributed by atoms with Crippen LogP contribution in [0.2, 0.25) is 10.0 Å². The molecule has 9 heteroatoms. The van der Waals surface area contributed by atoms with E-state index in [1.165, 1.54) is 24.3 Å². The highest BCUT2D eigenvalue weighted by atomic mass is 35.5. The van der Waals surface area contributed by atoms with Crippen molar-refractivity contribution in [2.45, 2.75) is 19.4 Å². The zero-order chi connectivity index (χ0) is 19.5. The third kappa shape index (κ3) is 4.87. The fourth-order valence-electron chi connectivity index (χ4n) is 2.45. The molecule has 0 saturated carbocycles. The van der Waals surface area contributed by atoms with Gasteiger partial charge in [0.1, 0.15) is 11.9 Å². The van der Waals surface area contributed by atoms with Gasteiger partial charge in [0, 0.05) is 5.69 Å². The molecule has 1 N–H and O–H groups in total. The summed E-state index contributed by atoms with van der Waals surface area (Å²) in [5, 5.41) is 3.23. The van der Waals surface area contributed by atoms with Crippen LogP contribution in [-0.4, -0.2) is 26.6 Å². The zero-order valence-corrected chi connectivity index (χ0v) is 16.4. The van der Waals surface area contributed by atoms with Gasteiger partial charge in [-0.25, -0.2) is 12.8 Å². The predicted molar refractivity (Wildman–Crippen MR) is 103 cm³/mol. The van der Waals surface area contributed by atoms with Gasteiger partial charge in [0.2, 0.25) is 15.9 Å². The van der Waals surface area contributed by atoms with Crippen molar-refractivity contribution in [2.24, 2.45) is 0 Å². The topological polar surface area (TPSA) is 66.5 Å². The average Bonchev–Trinajstić information content (AvgIpc) is 2.56. The first-order valence-electron chi connectivity index (χ1n) is 7.64. The van der Waals surface area contributed by atoms with E-state index < -0.39 is 27.8 Å². The molecule has 0 saturated heterocycles. The molecule has 5 nitrogen and oxygen atoms in total. The number of amides is 1. The number of sulfonamides is 1. The van der Waals surface area contributed by atoms with Crippen LogP contribution in [0.25, 0.3) is 0 Å². The molecule has 0 aliphatic rings. The maximum atomic E-state index is 13.2. The molecule has 2 aromatic carbocycles. The number of anilines is 2. The lowest BCUT2D eigenvalue weighted by molar-refractivity contribution is -0.117. The molecule has 1 amide bonds. The van der Waals surface area contributed by atoms with Crippen LogP contribution in [0.15, 0.2) is 42.5 Å².